The number of rotatable bonds is 7. The van der Waals surface area contributed by atoms with Crippen molar-refractivity contribution < 1.29 is 27.7 Å². The minimum absolute atomic E-state index is 0.0183. The SMILES string of the molecule is COCc1ccc(OC)c(S(=O)(=O)NCC2(O)CCOC2C)c1. The van der Waals surface area contributed by atoms with Crippen molar-refractivity contribution >= 4 is 10.0 Å². The summed E-state index contributed by atoms with van der Waals surface area (Å²) in [5, 5.41) is 10.4. The number of sulfonamides is 1. The van der Waals surface area contributed by atoms with Crippen LogP contribution in [0.1, 0.15) is 18.9 Å². The van der Waals surface area contributed by atoms with Crippen LogP contribution in [0.25, 0.3) is 0 Å². The summed E-state index contributed by atoms with van der Waals surface area (Å²) in [6.45, 7) is 2.31. The molecule has 0 spiro atoms. The highest BCUT2D eigenvalue weighted by Gasteiger charge is 2.40. The number of hydrogen-bond acceptors (Lipinski definition) is 6. The summed E-state index contributed by atoms with van der Waals surface area (Å²) in [5.74, 6) is 0.236. The summed E-state index contributed by atoms with van der Waals surface area (Å²) in [4.78, 5) is 0.0183. The first kappa shape index (κ1) is 18.2. The maximum absolute atomic E-state index is 12.6. The predicted octanol–water partition coefficient (Wildman–Crippen LogP) is 0.660. The number of ether oxygens (including phenoxy) is 3. The van der Waals surface area contributed by atoms with Gasteiger partial charge in [0.2, 0.25) is 10.0 Å². The lowest BCUT2D eigenvalue weighted by atomic mass is 9.97. The van der Waals surface area contributed by atoms with E-state index in [9.17, 15) is 13.5 Å². The molecule has 1 aromatic rings. The minimum atomic E-state index is -3.84. The van der Waals surface area contributed by atoms with E-state index in [1.807, 2.05) is 0 Å². The maximum atomic E-state index is 12.6. The second-order valence-electron chi connectivity index (χ2n) is 5.61. The van der Waals surface area contributed by atoms with E-state index >= 15 is 0 Å². The normalized spacial score (nSPS) is 24.8. The highest BCUT2D eigenvalue weighted by molar-refractivity contribution is 7.89. The van der Waals surface area contributed by atoms with Crippen LogP contribution < -0.4 is 9.46 Å². The molecule has 0 saturated carbocycles. The zero-order valence-corrected chi connectivity index (χ0v) is 14.4. The smallest absolute Gasteiger partial charge is 0.244 e. The van der Waals surface area contributed by atoms with E-state index in [2.05, 4.69) is 4.72 Å². The van der Waals surface area contributed by atoms with Gasteiger partial charge < -0.3 is 19.3 Å². The fraction of sp³-hybridized carbons (Fsp3) is 0.600. The lowest BCUT2D eigenvalue weighted by Crippen LogP contribution is -2.47. The number of nitrogens with one attached hydrogen (secondary N) is 1. The number of benzene rings is 1. The molecule has 0 radical (unpaired) electrons. The van der Waals surface area contributed by atoms with Crippen molar-refractivity contribution in [2.45, 2.75) is 36.6 Å². The Morgan fingerprint density at radius 2 is 2.17 bits per heavy atom. The third-order valence-electron chi connectivity index (χ3n) is 4.06. The highest BCUT2D eigenvalue weighted by atomic mass is 32.2. The lowest BCUT2D eigenvalue weighted by Gasteiger charge is -2.26. The van der Waals surface area contributed by atoms with Crippen molar-refractivity contribution in [3.8, 4) is 5.75 Å². The topological polar surface area (TPSA) is 94.1 Å². The first-order chi connectivity index (χ1) is 10.8. The monoisotopic (exact) mass is 345 g/mol. The molecule has 2 N–H and O–H groups in total. The Kier molecular flexibility index (Phi) is 5.64. The number of methoxy groups -OCH3 is 2. The van der Waals surface area contributed by atoms with Crippen LogP contribution in [0.4, 0.5) is 0 Å². The molecular formula is C15H23NO6S. The molecule has 1 fully saturated rings. The Balaban J connectivity index is 2.23. The molecule has 8 heteroatoms. The molecule has 1 heterocycles. The van der Waals surface area contributed by atoms with E-state index in [4.69, 9.17) is 14.2 Å². The van der Waals surface area contributed by atoms with Crippen LogP contribution >= 0.6 is 0 Å². The van der Waals surface area contributed by atoms with Crippen molar-refractivity contribution in [1.29, 1.82) is 0 Å². The first-order valence-electron chi connectivity index (χ1n) is 7.32. The molecule has 1 aromatic carbocycles. The molecule has 1 aliphatic heterocycles. The largest absolute Gasteiger partial charge is 0.495 e. The van der Waals surface area contributed by atoms with Crippen molar-refractivity contribution in [2.75, 3.05) is 27.4 Å². The summed E-state index contributed by atoms with van der Waals surface area (Å²) in [7, 11) is -0.896. The van der Waals surface area contributed by atoms with Crippen LogP contribution in [-0.2, 0) is 26.1 Å². The van der Waals surface area contributed by atoms with Crippen molar-refractivity contribution in [1.82, 2.24) is 4.72 Å². The molecule has 0 aromatic heterocycles. The zero-order chi connectivity index (χ0) is 17.1. The Morgan fingerprint density at radius 1 is 1.43 bits per heavy atom. The molecular weight excluding hydrogens is 322 g/mol. The maximum Gasteiger partial charge on any atom is 0.244 e. The van der Waals surface area contributed by atoms with E-state index in [0.717, 1.165) is 0 Å². The Labute approximate surface area is 136 Å². The van der Waals surface area contributed by atoms with E-state index < -0.39 is 21.7 Å². The molecule has 2 atom stereocenters. The van der Waals surface area contributed by atoms with Gasteiger partial charge in [-0.15, -0.1) is 0 Å². The van der Waals surface area contributed by atoms with Crippen LogP contribution in [-0.4, -0.2) is 52.6 Å². The Morgan fingerprint density at radius 3 is 2.74 bits per heavy atom. The van der Waals surface area contributed by atoms with Gasteiger partial charge in [0.1, 0.15) is 16.2 Å². The lowest BCUT2D eigenvalue weighted by molar-refractivity contribution is -0.0228. The fourth-order valence-corrected chi connectivity index (χ4v) is 3.81. The summed E-state index contributed by atoms with van der Waals surface area (Å²) in [6, 6.07) is 4.82. The fourth-order valence-electron chi connectivity index (χ4n) is 2.49. The highest BCUT2D eigenvalue weighted by Crippen LogP contribution is 2.28. The zero-order valence-electron chi connectivity index (χ0n) is 13.5. The molecule has 130 valence electrons. The summed E-state index contributed by atoms with van der Waals surface area (Å²) >= 11 is 0. The van der Waals surface area contributed by atoms with Crippen molar-refractivity contribution in [3.05, 3.63) is 23.8 Å². The Bertz CT molecular complexity index is 647. The number of aliphatic hydroxyl groups is 1. The summed E-state index contributed by atoms with van der Waals surface area (Å²) < 4.78 is 43.1. The third kappa shape index (κ3) is 4.02. The average molecular weight is 345 g/mol. The molecule has 2 rings (SSSR count). The van der Waals surface area contributed by atoms with E-state index in [1.165, 1.54) is 20.3 Å². The quantitative estimate of drug-likeness (QED) is 0.754. The van der Waals surface area contributed by atoms with Gasteiger partial charge in [-0.05, 0) is 24.6 Å². The van der Waals surface area contributed by atoms with Gasteiger partial charge in [-0.25, -0.2) is 13.1 Å². The molecule has 0 amide bonds. The van der Waals surface area contributed by atoms with E-state index in [0.29, 0.717) is 25.2 Å². The number of hydrogen-bond donors (Lipinski definition) is 2. The standard InChI is InChI=1S/C15H23NO6S/c1-11-15(17,6-7-22-11)10-16-23(18,19)14-8-12(9-20-2)4-5-13(14)21-3/h4-5,8,11,16-17H,6-7,9-10H2,1-3H3. The van der Waals surface area contributed by atoms with Gasteiger partial charge in [-0.3, -0.25) is 0 Å². The van der Waals surface area contributed by atoms with Crippen molar-refractivity contribution in [3.63, 3.8) is 0 Å². The van der Waals surface area contributed by atoms with Gasteiger partial charge in [0.25, 0.3) is 0 Å². The second-order valence-corrected chi connectivity index (χ2v) is 7.34. The van der Waals surface area contributed by atoms with Gasteiger partial charge >= 0.3 is 0 Å². The molecule has 2 unspecified atom stereocenters. The van der Waals surface area contributed by atoms with Gasteiger partial charge in [0, 0.05) is 26.7 Å². The van der Waals surface area contributed by atoms with Gasteiger partial charge in [0.05, 0.1) is 19.8 Å². The van der Waals surface area contributed by atoms with Crippen LogP contribution in [0, 0.1) is 0 Å². The van der Waals surface area contributed by atoms with Gasteiger partial charge in [-0.1, -0.05) is 6.07 Å². The van der Waals surface area contributed by atoms with Crippen molar-refractivity contribution in [2.24, 2.45) is 0 Å². The first-order valence-corrected chi connectivity index (χ1v) is 8.80. The predicted molar refractivity (Wildman–Crippen MR) is 83.9 cm³/mol. The van der Waals surface area contributed by atoms with E-state index in [-0.39, 0.29) is 17.2 Å². The summed E-state index contributed by atoms with van der Waals surface area (Å²) in [5.41, 5.74) is -0.491. The van der Waals surface area contributed by atoms with E-state index in [1.54, 1.807) is 19.1 Å². The molecule has 1 saturated heterocycles. The molecule has 1 aliphatic rings. The Hall–Kier alpha value is -1.19. The average Bonchev–Trinajstić information content (AvgIpc) is 2.86. The third-order valence-corrected chi connectivity index (χ3v) is 5.48. The molecule has 0 aliphatic carbocycles. The molecule has 0 bridgehead atoms. The second kappa shape index (κ2) is 7.14. The molecule has 23 heavy (non-hydrogen) atoms. The van der Waals surface area contributed by atoms with Gasteiger partial charge in [-0.2, -0.15) is 0 Å². The van der Waals surface area contributed by atoms with Gasteiger partial charge in [0.15, 0.2) is 0 Å². The molecule has 7 nitrogen and oxygen atoms in total. The van der Waals surface area contributed by atoms with Crippen LogP contribution in [0.5, 0.6) is 5.75 Å². The van der Waals surface area contributed by atoms with Crippen LogP contribution in [0.2, 0.25) is 0 Å². The van der Waals surface area contributed by atoms with Crippen LogP contribution in [0.15, 0.2) is 23.1 Å². The summed E-state index contributed by atoms with van der Waals surface area (Å²) in [6.07, 6.45) is -0.0377. The minimum Gasteiger partial charge on any atom is -0.495 e. The van der Waals surface area contributed by atoms with Crippen LogP contribution in [0.3, 0.4) is 0 Å².